The van der Waals surface area contributed by atoms with Gasteiger partial charge in [-0.3, -0.25) is 9.69 Å². The van der Waals surface area contributed by atoms with Crippen LogP contribution in [0, 0.1) is 0 Å². The molecule has 1 aliphatic heterocycles. The van der Waals surface area contributed by atoms with Gasteiger partial charge >= 0.3 is 0 Å². The number of anilines is 1. The maximum absolute atomic E-state index is 11.5. The lowest BCUT2D eigenvalue weighted by Gasteiger charge is -2.36. The molecule has 0 radical (unpaired) electrons. The number of phenolic OH excluding ortho intramolecular Hbond substituents is 1. The SMILES string of the molecule is NC(=O)c1ccccc1CCCN1CCN(c2cccc(O)c2)CC1. The Kier molecular flexibility index (Phi) is 5.56. The van der Waals surface area contributed by atoms with Gasteiger partial charge in [0.15, 0.2) is 0 Å². The molecular weight excluding hydrogens is 314 g/mol. The lowest BCUT2D eigenvalue weighted by Crippen LogP contribution is -2.46. The van der Waals surface area contributed by atoms with Crippen LogP contribution < -0.4 is 10.6 Å². The van der Waals surface area contributed by atoms with E-state index >= 15 is 0 Å². The van der Waals surface area contributed by atoms with Crippen LogP contribution in [0.2, 0.25) is 0 Å². The molecule has 0 unspecified atom stereocenters. The average Bonchev–Trinajstić information content (AvgIpc) is 2.62. The number of hydrogen-bond donors (Lipinski definition) is 2. The molecule has 3 rings (SSSR count). The zero-order chi connectivity index (χ0) is 17.6. The highest BCUT2D eigenvalue weighted by Gasteiger charge is 2.17. The molecule has 5 nitrogen and oxygen atoms in total. The molecule has 0 saturated carbocycles. The lowest BCUT2D eigenvalue weighted by atomic mass is 10.0. The number of nitrogens with zero attached hydrogens (tertiary/aromatic N) is 2. The van der Waals surface area contributed by atoms with E-state index in [0.29, 0.717) is 11.3 Å². The number of carbonyl (C=O) groups is 1. The maximum Gasteiger partial charge on any atom is 0.248 e. The fourth-order valence-electron chi connectivity index (χ4n) is 3.39. The monoisotopic (exact) mass is 339 g/mol. The highest BCUT2D eigenvalue weighted by molar-refractivity contribution is 5.94. The third kappa shape index (κ3) is 4.51. The maximum atomic E-state index is 11.5. The average molecular weight is 339 g/mol. The second kappa shape index (κ2) is 8.03. The van der Waals surface area contributed by atoms with Gasteiger partial charge in [0.25, 0.3) is 0 Å². The van der Waals surface area contributed by atoms with Gasteiger partial charge in [0.05, 0.1) is 0 Å². The van der Waals surface area contributed by atoms with Crippen LogP contribution in [-0.4, -0.2) is 48.6 Å². The first-order chi connectivity index (χ1) is 12.1. The first kappa shape index (κ1) is 17.3. The molecule has 1 saturated heterocycles. The van der Waals surface area contributed by atoms with Crippen LogP contribution in [0.4, 0.5) is 5.69 Å². The highest BCUT2D eigenvalue weighted by atomic mass is 16.3. The van der Waals surface area contributed by atoms with E-state index in [-0.39, 0.29) is 5.91 Å². The number of piperazine rings is 1. The zero-order valence-electron chi connectivity index (χ0n) is 14.4. The summed E-state index contributed by atoms with van der Waals surface area (Å²) < 4.78 is 0. The zero-order valence-corrected chi connectivity index (χ0v) is 14.4. The third-order valence-electron chi connectivity index (χ3n) is 4.77. The number of nitrogens with two attached hydrogens (primary N) is 1. The molecule has 0 bridgehead atoms. The first-order valence-electron chi connectivity index (χ1n) is 8.77. The molecule has 132 valence electrons. The van der Waals surface area contributed by atoms with Crippen LogP contribution in [0.3, 0.4) is 0 Å². The number of rotatable bonds is 6. The number of primary amides is 1. The quantitative estimate of drug-likeness (QED) is 0.847. The summed E-state index contributed by atoms with van der Waals surface area (Å²) in [4.78, 5) is 16.2. The van der Waals surface area contributed by atoms with Gasteiger partial charge in [-0.05, 0) is 43.1 Å². The fraction of sp³-hybridized carbons (Fsp3) is 0.350. The van der Waals surface area contributed by atoms with E-state index in [9.17, 15) is 9.90 Å². The third-order valence-corrected chi connectivity index (χ3v) is 4.77. The van der Waals surface area contributed by atoms with E-state index in [4.69, 9.17) is 5.73 Å². The largest absolute Gasteiger partial charge is 0.508 e. The molecule has 5 heteroatoms. The van der Waals surface area contributed by atoms with Crippen molar-refractivity contribution in [2.45, 2.75) is 12.8 Å². The Hall–Kier alpha value is -2.53. The number of aryl methyl sites for hydroxylation is 1. The summed E-state index contributed by atoms with van der Waals surface area (Å²) in [6.07, 6.45) is 1.88. The Balaban J connectivity index is 1.46. The molecule has 25 heavy (non-hydrogen) atoms. The Bertz CT molecular complexity index is 724. The van der Waals surface area contributed by atoms with Gasteiger partial charge < -0.3 is 15.7 Å². The number of amides is 1. The number of hydrogen-bond acceptors (Lipinski definition) is 4. The molecule has 0 aliphatic carbocycles. The second-order valence-corrected chi connectivity index (χ2v) is 6.47. The number of phenols is 1. The van der Waals surface area contributed by atoms with E-state index in [1.165, 1.54) is 0 Å². The van der Waals surface area contributed by atoms with Crippen LogP contribution in [0.5, 0.6) is 5.75 Å². The predicted molar refractivity (Wildman–Crippen MR) is 100 cm³/mol. The van der Waals surface area contributed by atoms with E-state index in [1.54, 1.807) is 12.1 Å². The summed E-state index contributed by atoms with van der Waals surface area (Å²) in [6, 6.07) is 15.0. The van der Waals surface area contributed by atoms with Crippen LogP contribution >= 0.6 is 0 Å². The van der Waals surface area contributed by atoms with Gasteiger partial charge in [0.1, 0.15) is 5.75 Å². The summed E-state index contributed by atoms with van der Waals surface area (Å²) in [5, 5.41) is 9.61. The van der Waals surface area contributed by atoms with Crippen molar-refractivity contribution in [2.24, 2.45) is 5.73 Å². The molecule has 1 amide bonds. The molecule has 0 atom stereocenters. The second-order valence-electron chi connectivity index (χ2n) is 6.47. The molecule has 0 spiro atoms. The predicted octanol–water partition coefficient (Wildman–Crippen LogP) is 2.25. The minimum atomic E-state index is -0.352. The van der Waals surface area contributed by atoms with Gasteiger partial charge in [-0.15, -0.1) is 0 Å². The van der Waals surface area contributed by atoms with Crippen LogP contribution in [-0.2, 0) is 6.42 Å². The van der Waals surface area contributed by atoms with Gasteiger partial charge in [-0.25, -0.2) is 0 Å². The highest BCUT2D eigenvalue weighted by Crippen LogP contribution is 2.21. The molecular formula is C20H25N3O2. The number of benzene rings is 2. The van der Waals surface area contributed by atoms with E-state index in [2.05, 4.69) is 9.80 Å². The van der Waals surface area contributed by atoms with E-state index in [1.807, 2.05) is 36.4 Å². The smallest absolute Gasteiger partial charge is 0.248 e. The fourth-order valence-corrected chi connectivity index (χ4v) is 3.39. The molecule has 1 heterocycles. The van der Waals surface area contributed by atoms with Crippen LogP contribution in [0.25, 0.3) is 0 Å². The van der Waals surface area contributed by atoms with Crippen molar-refractivity contribution in [3.63, 3.8) is 0 Å². The van der Waals surface area contributed by atoms with E-state index in [0.717, 1.165) is 56.8 Å². The summed E-state index contributed by atoms with van der Waals surface area (Å²) >= 11 is 0. The Labute approximate surface area is 148 Å². The van der Waals surface area contributed by atoms with Crippen molar-refractivity contribution in [2.75, 3.05) is 37.6 Å². The minimum Gasteiger partial charge on any atom is -0.508 e. The standard InChI is InChI=1S/C20H25N3O2/c21-20(25)19-9-2-1-5-16(19)6-4-10-22-11-13-23(14-12-22)17-7-3-8-18(24)15-17/h1-3,5,7-9,15,24H,4,6,10-14H2,(H2,21,25). The number of aromatic hydroxyl groups is 1. The lowest BCUT2D eigenvalue weighted by molar-refractivity contribution is 0.0999. The van der Waals surface area contributed by atoms with Gasteiger partial charge in [0.2, 0.25) is 5.91 Å². The van der Waals surface area contributed by atoms with Crippen LogP contribution in [0.15, 0.2) is 48.5 Å². The summed E-state index contributed by atoms with van der Waals surface area (Å²) in [5.41, 5.74) is 8.19. The van der Waals surface area contributed by atoms with Crippen LogP contribution in [0.1, 0.15) is 22.3 Å². The van der Waals surface area contributed by atoms with Crippen molar-refractivity contribution in [1.29, 1.82) is 0 Å². The van der Waals surface area contributed by atoms with Gasteiger partial charge in [-0.1, -0.05) is 24.3 Å². The Morgan fingerprint density at radius 2 is 1.80 bits per heavy atom. The minimum absolute atomic E-state index is 0.313. The molecule has 3 N–H and O–H groups in total. The molecule has 0 aromatic heterocycles. The summed E-state index contributed by atoms with van der Waals surface area (Å²) in [5.74, 6) is -0.0385. The number of carbonyl (C=O) groups excluding carboxylic acids is 1. The summed E-state index contributed by atoms with van der Waals surface area (Å²) in [6.45, 7) is 4.95. The van der Waals surface area contributed by atoms with Crippen molar-refractivity contribution in [1.82, 2.24) is 4.90 Å². The van der Waals surface area contributed by atoms with E-state index < -0.39 is 0 Å². The summed E-state index contributed by atoms with van der Waals surface area (Å²) in [7, 11) is 0. The Morgan fingerprint density at radius 1 is 1.04 bits per heavy atom. The van der Waals surface area contributed by atoms with Crippen molar-refractivity contribution in [3.05, 3.63) is 59.7 Å². The normalized spacial score (nSPS) is 15.3. The van der Waals surface area contributed by atoms with Crippen molar-refractivity contribution in [3.8, 4) is 5.75 Å². The molecule has 2 aromatic carbocycles. The molecule has 1 aliphatic rings. The van der Waals surface area contributed by atoms with Gasteiger partial charge in [-0.2, -0.15) is 0 Å². The van der Waals surface area contributed by atoms with Crippen molar-refractivity contribution < 1.29 is 9.90 Å². The van der Waals surface area contributed by atoms with Gasteiger partial charge in [0, 0.05) is 43.5 Å². The molecule has 1 fully saturated rings. The Morgan fingerprint density at radius 3 is 2.52 bits per heavy atom. The molecule has 2 aromatic rings. The first-order valence-corrected chi connectivity index (χ1v) is 8.77. The topological polar surface area (TPSA) is 69.8 Å². The van der Waals surface area contributed by atoms with Crippen molar-refractivity contribution >= 4 is 11.6 Å².